The van der Waals surface area contributed by atoms with Crippen LogP contribution in [0.1, 0.15) is 0 Å². The summed E-state index contributed by atoms with van der Waals surface area (Å²) in [6, 6.07) is 75.9. The Bertz CT molecular complexity index is 3720. The molecule has 72 heavy (non-hydrogen) atoms. The summed E-state index contributed by atoms with van der Waals surface area (Å²) < 4.78 is 34.5. The fourth-order valence-electron chi connectivity index (χ4n) is 9.53. The molecule has 0 fully saturated rings. The van der Waals surface area contributed by atoms with Crippen molar-refractivity contribution in [1.29, 1.82) is 0 Å². The maximum Gasteiger partial charge on any atom is 0.123 e. The molecule has 12 rings (SSSR count). The van der Waals surface area contributed by atoms with Crippen LogP contribution in [0.4, 0.5) is 8.78 Å². The summed E-state index contributed by atoms with van der Waals surface area (Å²) in [7, 11) is 0. The van der Waals surface area contributed by atoms with Gasteiger partial charge in [0.2, 0.25) is 0 Å². The molecule has 5 nitrogen and oxygen atoms in total. The molecule has 0 atom stereocenters. The molecule has 342 valence electrons. The predicted octanol–water partition coefficient (Wildman–Crippen LogP) is 16.7. The molecule has 7 heteroatoms. The number of halogens is 2. The van der Waals surface area contributed by atoms with Gasteiger partial charge in [-0.25, -0.2) is 18.1 Å². The van der Waals surface area contributed by atoms with E-state index in [9.17, 15) is 0 Å². The molecule has 0 aliphatic heterocycles. The van der Waals surface area contributed by atoms with Gasteiger partial charge in [-0.1, -0.05) is 152 Å². The van der Waals surface area contributed by atoms with Crippen molar-refractivity contribution in [1.82, 2.24) is 24.5 Å². The third-order valence-electron chi connectivity index (χ3n) is 13.1. The van der Waals surface area contributed by atoms with Gasteiger partial charge in [-0.15, -0.1) is 0 Å². The van der Waals surface area contributed by atoms with Gasteiger partial charge in [-0.2, -0.15) is 10.2 Å². The summed E-state index contributed by atoms with van der Waals surface area (Å²) >= 11 is 0. The lowest BCUT2D eigenvalue weighted by atomic mass is 9.87. The summed E-state index contributed by atoms with van der Waals surface area (Å²) in [4.78, 5) is 5.05. The van der Waals surface area contributed by atoms with Gasteiger partial charge in [-0.05, 0) is 151 Å². The molecule has 9 aromatic carbocycles. The summed E-state index contributed by atoms with van der Waals surface area (Å²) in [5.41, 5.74) is 18.3. The third kappa shape index (κ3) is 8.83. The molecule has 0 amide bonds. The van der Waals surface area contributed by atoms with Crippen molar-refractivity contribution in [2.45, 2.75) is 0 Å². The standard InChI is InChI=1S/C65H43F2N5/c66-55-28-30-61(63(37-55)53-40-69-71(42-53)57-17-6-2-7-18-57)51-34-50(35-52(36-51)62-31-29-56(67)38-64(62)54-41-70-72(43-54)58-19-8-3-9-20-58)60-22-11-10-21-59(60)49-27-32-65(68-39-49)48-16-12-15-47(33-48)46-25-23-45(24-26-46)44-13-4-1-5-14-44/h1-43H. The van der Waals surface area contributed by atoms with Crippen molar-refractivity contribution in [3.8, 4) is 112 Å². The fraction of sp³-hybridized carbons (Fsp3) is 0. The number of rotatable bonds is 11. The van der Waals surface area contributed by atoms with Crippen LogP contribution in [0.3, 0.4) is 0 Å². The average molecular weight is 932 g/mol. The number of hydrogen-bond acceptors (Lipinski definition) is 3. The summed E-state index contributed by atoms with van der Waals surface area (Å²) in [5, 5.41) is 9.36. The highest BCUT2D eigenvalue weighted by molar-refractivity contribution is 5.94. The Morgan fingerprint density at radius 2 is 0.667 bits per heavy atom. The second-order valence-electron chi connectivity index (χ2n) is 17.7. The van der Waals surface area contributed by atoms with Gasteiger partial charge in [0.15, 0.2) is 0 Å². The minimum absolute atomic E-state index is 0.362. The molecule has 0 aliphatic rings. The number of pyridine rings is 1. The highest BCUT2D eigenvalue weighted by Crippen LogP contribution is 2.43. The first-order chi connectivity index (χ1) is 35.5. The fourth-order valence-corrected chi connectivity index (χ4v) is 9.53. The molecule has 3 aromatic heterocycles. The Morgan fingerprint density at radius 1 is 0.264 bits per heavy atom. The van der Waals surface area contributed by atoms with E-state index in [1.165, 1.54) is 23.3 Å². The molecule has 0 spiro atoms. The molecule has 0 radical (unpaired) electrons. The molecule has 0 aliphatic carbocycles. The number of benzene rings is 9. The van der Waals surface area contributed by atoms with E-state index in [0.717, 1.165) is 89.4 Å². The van der Waals surface area contributed by atoms with Crippen LogP contribution >= 0.6 is 0 Å². The molecule has 12 aromatic rings. The van der Waals surface area contributed by atoms with E-state index in [1.54, 1.807) is 33.9 Å². The van der Waals surface area contributed by atoms with Gasteiger partial charge < -0.3 is 0 Å². The number of para-hydroxylation sites is 2. The quantitative estimate of drug-likeness (QED) is 0.130. The zero-order valence-electron chi connectivity index (χ0n) is 38.8. The van der Waals surface area contributed by atoms with E-state index in [0.29, 0.717) is 11.1 Å². The van der Waals surface area contributed by atoms with Crippen molar-refractivity contribution in [2.75, 3.05) is 0 Å². The zero-order chi connectivity index (χ0) is 48.4. The first-order valence-corrected chi connectivity index (χ1v) is 23.8. The van der Waals surface area contributed by atoms with Crippen LogP contribution in [0.15, 0.2) is 262 Å². The lowest BCUT2D eigenvalue weighted by molar-refractivity contribution is 0.628. The van der Waals surface area contributed by atoms with Crippen molar-refractivity contribution in [2.24, 2.45) is 0 Å². The maximum atomic E-state index is 15.4. The Morgan fingerprint density at radius 3 is 1.18 bits per heavy atom. The van der Waals surface area contributed by atoms with Crippen LogP contribution in [-0.2, 0) is 0 Å². The molecular weight excluding hydrogens is 889 g/mol. The molecule has 3 heterocycles. The maximum absolute atomic E-state index is 15.4. The average Bonchev–Trinajstić information content (AvgIpc) is 4.16. The van der Waals surface area contributed by atoms with Crippen LogP contribution in [0.5, 0.6) is 0 Å². The van der Waals surface area contributed by atoms with Gasteiger partial charge >= 0.3 is 0 Å². The zero-order valence-corrected chi connectivity index (χ0v) is 38.8. The molecule has 0 saturated heterocycles. The van der Waals surface area contributed by atoms with Crippen molar-refractivity contribution < 1.29 is 8.78 Å². The second-order valence-corrected chi connectivity index (χ2v) is 17.7. The first-order valence-electron chi connectivity index (χ1n) is 23.8. The lowest BCUT2D eigenvalue weighted by Gasteiger charge is -2.17. The normalized spacial score (nSPS) is 11.2. The lowest BCUT2D eigenvalue weighted by Crippen LogP contribution is -1.94. The Kier molecular flexibility index (Phi) is 11.6. The van der Waals surface area contributed by atoms with E-state index in [2.05, 4.69) is 125 Å². The van der Waals surface area contributed by atoms with Crippen LogP contribution in [-0.4, -0.2) is 24.5 Å². The highest BCUT2D eigenvalue weighted by Gasteiger charge is 2.19. The van der Waals surface area contributed by atoms with E-state index >= 15 is 8.78 Å². The smallest absolute Gasteiger partial charge is 0.123 e. The van der Waals surface area contributed by atoms with Crippen LogP contribution in [0.2, 0.25) is 0 Å². The highest BCUT2D eigenvalue weighted by atomic mass is 19.1. The second kappa shape index (κ2) is 19.1. The number of nitrogens with zero attached hydrogens (tertiary/aromatic N) is 5. The van der Waals surface area contributed by atoms with Gasteiger partial charge in [0.25, 0.3) is 0 Å². The molecule has 0 N–H and O–H groups in total. The number of hydrogen-bond donors (Lipinski definition) is 0. The summed E-state index contributed by atoms with van der Waals surface area (Å²) in [6.07, 6.45) is 9.32. The van der Waals surface area contributed by atoms with E-state index in [4.69, 9.17) is 4.98 Å². The van der Waals surface area contributed by atoms with Crippen LogP contribution in [0, 0.1) is 11.6 Å². The molecule has 0 bridgehead atoms. The summed E-state index contributed by atoms with van der Waals surface area (Å²) in [6.45, 7) is 0. The van der Waals surface area contributed by atoms with E-state index in [-0.39, 0.29) is 11.6 Å². The summed E-state index contributed by atoms with van der Waals surface area (Å²) in [5.74, 6) is -0.723. The van der Waals surface area contributed by atoms with E-state index in [1.807, 2.05) is 110 Å². The van der Waals surface area contributed by atoms with Gasteiger partial charge in [-0.3, -0.25) is 4.98 Å². The largest absolute Gasteiger partial charge is 0.256 e. The van der Waals surface area contributed by atoms with Crippen molar-refractivity contribution in [3.63, 3.8) is 0 Å². The van der Waals surface area contributed by atoms with Crippen LogP contribution in [0.25, 0.3) is 112 Å². The topological polar surface area (TPSA) is 48.5 Å². The van der Waals surface area contributed by atoms with Gasteiger partial charge in [0, 0.05) is 40.8 Å². The van der Waals surface area contributed by atoms with E-state index < -0.39 is 0 Å². The minimum atomic E-state index is -0.362. The Balaban J connectivity index is 0.956. The third-order valence-corrected chi connectivity index (χ3v) is 13.1. The minimum Gasteiger partial charge on any atom is -0.256 e. The molecular formula is C65H43F2N5. The Labute approximate surface area is 416 Å². The van der Waals surface area contributed by atoms with Gasteiger partial charge in [0.05, 0.1) is 29.5 Å². The first kappa shape index (κ1) is 43.7. The van der Waals surface area contributed by atoms with Crippen LogP contribution < -0.4 is 0 Å². The SMILES string of the molecule is Fc1ccc(-c2cc(-c3ccccc3-c3ccc(-c4cccc(-c5ccc(-c6ccccc6)cc5)c4)nc3)cc(-c3ccc(F)cc3-c3cnn(-c4ccccc4)c3)c2)c(-c2cnn(-c3ccccc3)c2)c1. The van der Waals surface area contributed by atoms with Gasteiger partial charge in [0.1, 0.15) is 11.6 Å². The number of aromatic nitrogens is 5. The molecule has 0 unspecified atom stereocenters. The Hall–Kier alpha value is -9.59. The van der Waals surface area contributed by atoms with Crippen molar-refractivity contribution >= 4 is 0 Å². The predicted molar refractivity (Wildman–Crippen MR) is 287 cm³/mol. The molecule has 0 saturated carbocycles. The monoisotopic (exact) mass is 931 g/mol. The van der Waals surface area contributed by atoms with Crippen molar-refractivity contribution in [3.05, 3.63) is 273 Å².